The number of nitrogens with one attached hydrogen (secondary N) is 1. The number of hydrogen-bond acceptors (Lipinski definition) is 3. The summed E-state index contributed by atoms with van der Waals surface area (Å²) in [7, 11) is 0. The van der Waals surface area contributed by atoms with E-state index >= 15 is 0 Å². The lowest BCUT2D eigenvalue weighted by atomic mass is 10.1. The molecule has 2 aliphatic heterocycles. The second kappa shape index (κ2) is 6.27. The maximum Gasteiger partial charge on any atom is 0.109 e. The summed E-state index contributed by atoms with van der Waals surface area (Å²) < 4.78 is 2.55. The molecule has 1 aromatic heterocycles. The zero-order valence-corrected chi connectivity index (χ0v) is 13.0. The highest BCUT2D eigenvalue weighted by Crippen LogP contribution is 2.23. The summed E-state index contributed by atoms with van der Waals surface area (Å²) in [6.45, 7) is 10.4. The lowest BCUT2D eigenvalue weighted by Crippen LogP contribution is -2.35. The number of fused-ring (bicyclic) bond motifs is 1. The van der Waals surface area contributed by atoms with Crippen molar-refractivity contribution in [1.29, 1.82) is 0 Å². The normalized spacial score (nSPS) is 21.7. The van der Waals surface area contributed by atoms with Gasteiger partial charge >= 0.3 is 0 Å². The van der Waals surface area contributed by atoms with Crippen LogP contribution in [0.5, 0.6) is 0 Å². The average Bonchev–Trinajstić information content (AvgIpc) is 2.86. The van der Waals surface area contributed by atoms with Gasteiger partial charge in [-0.15, -0.1) is 0 Å². The summed E-state index contributed by atoms with van der Waals surface area (Å²) in [5.41, 5.74) is 2.78. The van der Waals surface area contributed by atoms with E-state index in [0.29, 0.717) is 6.04 Å². The fourth-order valence-electron chi connectivity index (χ4n) is 3.76. The molecule has 0 amide bonds. The Morgan fingerprint density at radius 2 is 2.05 bits per heavy atom. The van der Waals surface area contributed by atoms with Gasteiger partial charge in [0.15, 0.2) is 0 Å². The van der Waals surface area contributed by atoms with Crippen molar-refractivity contribution in [2.45, 2.75) is 58.5 Å². The molecule has 2 aliphatic rings. The van der Waals surface area contributed by atoms with Gasteiger partial charge < -0.3 is 14.8 Å². The molecule has 1 N–H and O–H groups in total. The van der Waals surface area contributed by atoms with Crippen LogP contribution in [0.3, 0.4) is 0 Å². The van der Waals surface area contributed by atoms with Crippen LogP contribution in [0, 0.1) is 0 Å². The Labute approximate surface area is 122 Å². The van der Waals surface area contributed by atoms with E-state index in [4.69, 9.17) is 4.98 Å². The minimum atomic E-state index is 0.553. The largest absolute Gasteiger partial charge is 0.328 e. The van der Waals surface area contributed by atoms with Crippen LogP contribution in [0.4, 0.5) is 0 Å². The van der Waals surface area contributed by atoms with E-state index in [0.717, 1.165) is 25.9 Å². The molecule has 1 atom stereocenters. The van der Waals surface area contributed by atoms with Gasteiger partial charge in [-0.2, -0.15) is 0 Å². The number of aryl methyl sites for hydroxylation is 1. The first-order chi connectivity index (χ1) is 9.79. The molecule has 3 heterocycles. The molecule has 4 heteroatoms. The third kappa shape index (κ3) is 2.77. The molecule has 4 nitrogen and oxygen atoms in total. The van der Waals surface area contributed by atoms with Crippen LogP contribution >= 0.6 is 0 Å². The fraction of sp³-hybridized carbons (Fsp3) is 0.812. The van der Waals surface area contributed by atoms with Gasteiger partial charge in [0.1, 0.15) is 5.82 Å². The highest BCUT2D eigenvalue weighted by atomic mass is 15.2. The van der Waals surface area contributed by atoms with Crippen molar-refractivity contribution < 1.29 is 0 Å². The molecule has 20 heavy (non-hydrogen) atoms. The predicted octanol–water partition coefficient (Wildman–Crippen LogP) is 2.14. The lowest BCUT2D eigenvalue weighted by molar-refractivity contribution is 0.199. The van der Waals surface area contributed by atoms with Gasteiger partial charge in [0.05, 0.1) is 5.69 Å². The molecule has 0 aromatic carbocycles. The standard InChI is InChI=1S/C16H28N4/c1-3-16-18-14-11-17-8-7-15(14)20(16)13(2)12-19-9-5-4-6-10-19/h13,17H,3-12H2,1-2H3. The Hall–Kier alpha value is -0.870. The second-order valence-electron chi connectivity index (χ2n) is 6.28. The molecular weight excluding hydrogens is 248 g/mol. The van der Waals surface area contributed by atoms with Gasteiger partial charge in [-0.3, -0.25) is 0 Å². The van der Waals surface area contributed by atoms with Crippen molar-refractivity contribution in [2.24, 2.45) is 0 Å². The molecule has 1 fully saturated rings. The molecule has 1 unspecified atom stereocenters. The molecule has 0 aliphatic carbocycles. The third-order valence-corrected chi connectivity index (χ3v) is 4.73. The van der Waals surface area contributed by atoms with E-state index in [1.807, 2.05) is 0 Å². The topological polar surface area (TPSA) is 33.1 Å². The number of imidazole rings is 1. The molecule has 0 saturated carbocycles. The number of hydrogen-bond donors (Lipinski definition) is 1. The molecule has 1 aromatic rings. The van der Waals surface area contributed by atoms with Gasteiger partial charge in [-0.05, 0) is 32.9 Å². The van der Waals surface area contributed by atoms with Crippen molar-refractivity contribution in [1.82, 2.24) is 19.8 Å². The molecule has 0 radical (unpaired) electrons. The Morgan fingerprint density at radius 1 is 1.25 bits per heavy atom. The van der Waals surface area contributed by atoms with Crippen molar-refractivity contribution in [3.8, 4) is 0 Å². The first-order valence-corrected chi connectivity index (χ1v) is 8.31. The van der Waals surface area contributed by atoms with E-state index in [1.54, 1.807) is 0 Å². The maximum absolute atomic E-state index is 4.87. The number of rotatable bonds is 4. The van der Waals surface area contributed by atoms with Gasteiger partial charge in [-0.1, -0.05) is 13.3 Å². The highest BCUT2D eigenvalue weighted by molar-refractivity contribution is 5.21. The number of aromatic nitrogens is 2. The predicted molar refractivity (Wildman–Crippen MR) is 82.0 cm³/mol. The second-order valence-corrected chi connectivity index (χ2v) is 6.28. The zero-order chi connectivity index (χ0) is 13.9. The Bertz CT molecular complexity index is 446. The van der Waals surface area contributed by atoms with Crippen molar-refractivity contribution in [2.75, 3.05) is 26.2 Å². The van der Waals surface area contributed by atoms with E-state index in [1.165, 1.54) is 56.1 Å². The first kappa shape index (κ1) is 14.1. The van der Waals surface area contributed by atoms with Crippen molar-refractivity contribution >= 4 is 0 Å². The van der Waals surface area contributed by atoms with E-state index in [-0.39, 0.29) is 0 Å². The summed E-state index contributed by atoms with van der Waals surface area (Å²) in [5, 5.41) is 3.44. The monoisotopic (exact) mass is 276 g/mol. The van der Waals surface area contributed by atoms with Crippen LogP contribution in [0.1, 0.15) is 56.4 Å². The molecule has 0 bridgehead atoms. The highest BCUT2D eigenvalue weighted by Gasteiger charge is 2.23. The quantitative estimate of drug-likeness (QED) is 0.914. The Kier molecular flexibility index (Phi) is 4.41. The van der Waals surface area contributed by atoms with Crippen molar-refractivity contribution in [3.63, 3.8) is 0 Å². The summed E-state index contributed by atoms with van der Waals surface area (Å²) in [6, 6.07) is 0.553. The molecular formula is C16H28N4. The van der Waals surface area contributed by atoms with Crippen LogP contribution in [0.25, 0.3) is 0 Å². The summed E-state index contributed by atoms with van der Waals surface area (Å²) >= 11 is 0. The summed E-state index contributed by atoms with van der Waals surface area (Å²) in [6.07, 6.45) is 6.33. The van der Waals surface area contributed by atoms with Gasteiger partial charge in [-0.25, -0.2) is 4.98 Å². The minimum absolute atomic E-state index is 0.553. The zero-order valence-electron chi connectivity index (χ0n) is 13.0. The molecule has 112 valence electrons. The van der Waals surface area contributed by atoms with Gasteiger partial charge in [0.2, 0.25) is 0 Å². The lowest BCUT2D eigenvalue weighted by Gasteiger charge is -2.31. The Balaban J connectivity index is 1.78. The third-order valence-electron chi connectivity index (χ3n) is 4.73. The number of likely N-dealkylation sites (tertiary alicyclic amines) is 1. The molecule has 3 rings (SSSR count). The number of nitrogens with zero attached hydrogens (tertiary/aromatic N) is 3. The summed E-state index contributed by atoms with van der Waals surface area (Å²) in [5.74, 6) is 1.28. The first-order valence-electron chi connectivity index (χ1n) is 8.31. The van der Waals surface area contributed by atoms with E-state index < -0.39 is 0 Å². The van der Waals surface area contributed by atoms with E-state index in [2.05, 4.69) is 28.6 Å². The molecule has 1 saturated heterocycles. The van der Waals surface area contributed by atoms with Crippen LogP contribution in [0.15, 0.2) is 0 Å². The average molecular weight is 276 g/mol. The Morgan fingerprint density at radius 3 is 2.80 bits per heavy atom. The van der Waals surface area contributed by atoms with Crippen molar-refractivity contribution in [3.05, 3.63) is 17.2 Å². The fourth-order valence-corrected chi connectivity index (χ4v) is 3.76. The smallest absolute Gasteiger partial charge is 0.109 e. The molecule has 0 spiro atoms. The SMILES string of the molecule is CCc1nc2c(n1C(C)CN1CCCCC1)CCNC2. The van der Waals surface area contributed by atoms with Gasteiger partial charge in [0, 0.05) is 44.2 Å². The minimum Gasteiger partial charge on any atom is -0.328 e. The summed E-state index contributed by atoms with van der Waals surface area (Å²) in [4.78, 5) is 7.51. The van der Waals surface area contributed by atoms with Gasteiger partial charge in [0.25, 0.3) is 0 Å². The maximum atomic E-state index is 4.87. The van der Waals surface area contributed by atoms with Crippen LogP contribution < -0.4 is 5.32 Å². The van der Waals surface area contributed by atoms with E-state index in [9.17, 15) is 0 Å². The number of piperidine rings is 1. The van der Waals surface area contributed by atoms with Crippen LogP contribution in [0.2, 0.25) is 0 Å². The van der Waals surface area contributed by atoms with Crippen LogP contribution in [-0.2, 0) is 19.4 Å². The van der Waals surface area contributed by atoms with Crippen LogP contribution in [-0.4, -0.2) is 40.6 Å².